The van der Waals surface area contributed by atoms with Crippen molar-refractivity contribution in [2.24, 2.45) is 5.16 Å². The highest BCUT2D eigenvalue weighted by Gasteiger charge is 2.29. The molecule has 1 aliphatic rings. The topological polar surface area (TPSA) is 89.2 Å². The molecular weight excluding hydrogens is 336 g/mol. The zero-order valence-corrected chi connectivity index (χ0v) is 14.5. The first-order valence-corrected chi connectivity index (χ1v) is 8.08. The quantitative estimate of drug-likeness (QED) is 0.487. The number of hydrogen-bond acceptors (Lipinski definition) is 5. The smallest absolute Gasteiger partial charge is 0.408 e. The monoisotopic (exact) mass is 356 g/mol. The molecule has 3 rings (SSSR count). The predicted octanol–water partition coefficient (Wildman–Crippen LogP) is 2.34. The van der Waals surface area contributed by atoms with Crippen LogP contribution in [0.4, 0.5) is 4.79 Å². The first-order chi connectivity index (χ1) is 12.6. The standard InChI is InChI=1S/C18H20N4O4/c1-3-8-26-20-16-11-21(18(23)24)12-17-15(16)9-19-22(17)10-13-4-6-14(25-2)7-5-13/h3-7,9H,1,8,10-12H2,2H3,(H,23,24)/b20-16+. The fourth-order valence-corrected chi connectivity index (χ4v) is 2.74. The summed E-state index contributed by atoms with van der Waals surface area (Å²) < 4.78 is 6.95. The van der Waals surface area contributed by atoms with Crippen molar-refractivity contribution in [2.45, 2.75) is 13.1 Å². The number of aromatic nitrogens is 2. The molecule has 1 aromatic carbocycles. The van der Waals surface area contributed by atoms with Gasteiger partial charge in [0.1, 0.15) is 18.1 Å². The van der Waals surface area contributed by atoms with Crippen LogP contribution < -0.4 is 4.74 Å². The molecule has 0 saturated carbocycles. The summed E-state index contributed by atoms with van der Waals surface area (Å²) in [6.07, 6.45) is 2.27. The second kappa shape index (κ2) is 7.73. The average molecular weight is 356 g/mol. The number of fused-ring (bicyclic) bond motifs is 1. The maximum absolute atomic E-state index is 11.5. The van der Waals surface area contributed by atoms with Crippen molar-refractivity contribution in [3.63, 3.8) is 0 Å². The van der Waals surface area contributed by atoms with E-state index in [9.17, 15) is 9.90 Å². The number of methoxy groups -OCH3 is 1. The molecule has 0 radical (unpaired) electrons. The Balaban J connectivity index is 1.88. The van der Waals surface area contributed by atoms with E-state index in [1.165, 1.54) is 4.90 Å². The summed E-state index contributed by atoms with van der Waals surface area (Å²) in [5.41, 5.74) is 3.16. The lowest BCUT2D eigenvalue weighted by Gasteiger charge is -2.26. The molecule has 1 amide bonds. The fourth-order valence-electron chi connectivity index (χ4n) is 2.74. The van der Waals surface area contributed by atoms with E-state index in [1.54, 1.807) is 24.1 Å². The molecular formula is C18H20N4O4. The molecule has 0 atom stereocenters. The van der Waals surface area contributed by atoms with E-state index in [1.807, 2.05) is 24.3 Å². The van der Waals surface area contributed by atoms with E-state index in [-0.39, 0.29) is 19.7 Å². The molecule has 0 aliphatic carbocycles. The van der Waals surface area contributed by atoms with Gasteiger partial charge in [0.2, 0.25) is 0 Å². The summed E-state index contributed by atoms with van der Waals surface area (Å²) in [6, 6.07) is 7.66. The normalized spacial score (nSPS) is 14.8. The maximum atomic E-state index is 11.5. The number of rotatable bonds is 6. The van der Waals surface area contributed by atoms with E-state index in [4.69, 9.17) is 9.57 Å². The zero-order valence-electron chi connectivity index (χ0n) is 14.5. The summed E-state index contributed by atoms with van der Waals surface area (Å²) >= 11 is 0. The Kier molecular flexibility index (Phi) is 5.21. The van der Waals surface area contributed by atoms with Gasteiger partial charge < -0.3 is 14.7 Å². The summed E-state index contributed by atoms with van der Waals surface area (Å²) in [4.78, 5) is 17.9. The minimum atomic E-state index is -1.01. The van der Waals surface area contributed by atoms with Crippen molar-refractivity contribution in [2.75, 3.05) is 20.3 Å². The highest BCUT2D eigenvalue weighted by Crippen LogP contribution is 2.21. The highest BCUT2D eigenvalue weighted by molar-refractivity contribution is 6.04. The molecule has 26 heavy (non-hydrogen) atoms. The third-order valence-corrected chi connectivity index (χ3v) is 4.07. The number of nitrogens with zero attached hydrogens (tertiary/aromatic N) is 4. The van der Waals surface area contributed by atoms with Gasteiger partial charge in [-0.25, -0.2) is 4.79 Å². The van der Waals surface area contributed by atoms with Crippen LogP contribution in [0, 0.1) is 0 Å². The zero-order chi connectivity index (χ0) is 18.5. The van der Waals surface area contributed by atoms with Gasteiger partial charge in [0.15, 0.2) is 0 Å². The molecule has 8 heteroatoms. The summed E-state index contributed by atoms with van der Waals surface area (Å²) in [7, 11) is 1.62. The van der Waals surface area contributed by atoms with Crippen molar-refractivity contribution < 1.29 is 19.5 Å². The van der Waals surface area contributed by atoms with Gasteiger partial charge >= 0.3 is 6.09 Å². The van der Waals surface area contributed by atoms with Crippen molar-refractivity contribution in [3.05, 3.63) is 59.9 Å². The summed E-state index contributed by atoms with van der Waals surface area (Å²) in [6.45, 7) is 4.76. The predicted molar refractivity (Wildman–Crippen MR) is 95.4 cm³/mol. The second-order valence-corrected chi connectivity index (χ2v) is 5.77. The lowest BCUT2D eigenvalue weighted by Crippen LogP contribution is -2.39. The van der Waals surface area contributed by atoms with Crippen molar-refractivity contribution >= 4 is 11.8 Å². The van der Waals surface area contributed by atoms with Crippen molar-refractivity contribution in [1.82, 2.24) is 14.7 Å². The number of carbonyl (C=O) groups is 1. The SMILES string of the molecule is C=CCO/N=C1\CN(C(=O)O)Cc2c1cnn2Cc1ccc(OC)cc1. The Morgan fingerprint density at radius 2 is 2.15 bits per heavy atom. The number of amides is 1. The first-order valence-electron chi connectivity index (χ1n) is 8.08. The molecule has 0 fully saturated rings. The largest absolute Gasteiger partial charge is 0.497 e. The number of ether oxygens (including phenoxy) is 1. The highest BCUT2D eigenvalue weighted by atomic mass is 16.6. The minimum absolute atomic E-state index is 0.160. The van der Waals surface area contributed by atoms with E-state index in [0.717, 1.165) is 22.6 Å². The van der Waals surface area contributed by atoms with Gasteiger partial charge in [-0.05, 0) is 17.7 Å². The Labute approximate surface area is 150 Å². The summed E-state index contributed by atoms with van der Waals surface area (Å²) in [5.74, 6) is 0.780. The van der Waals surface area contributed by atoms with E-state index in [2.05, 4.69) is 16.8 Å². The molecule has 0 spiro atoms. The van der Waals surface area contributed by atoms with Crippen LogP contribution in [0.15, 0.2) is 48.3 Å². The van der Waals surface area contributed by atoms with Gasteiger partial charge in [0.25, 0.3) is 0 Å². The van der Waals surface area contributed by atoms with Gasteiger partial charge in [0.05, 0.1) is 38.6 Å². The second-order valence-electron chi connectivity index (χ2n) is 5.77. The third-order valence-electron chi connectivity index (χ3n) is 4.07. The number of benzene rings is 1. The van der Waals surface area contributed by atoms with Gasteiger partial charge in [0, 0.05) is 5.56 Å². The van der Waals surface area contributed by atoms with Crippen LogP contribution in [-0.4, -0.2) is 51.9 Å². The van der Waals surface area contributed by atoms with Crippen LogP contribution in [0.5, 0.6) is 5.75 Å². The Morgan fingerprint density at radius 3 is 2.81 bits per heavy atom. The number of oxime groups is 1. The molecule has 0 saturated heterocycles. The third kappa shape index (κ3) is 3.69. The lowest BCUT2D eigenvalue weighted by molar-refractivity contribution is 0.144. The Hall–Kier alpha value is -3.29. The number of hydrogen-bond donors (Lipinski definition) is 1. The summed E-state index contributed by atoms with van der Waals surface area (Å²) in [5, 5.41) is 17.9. The molecule has 8 nitrogen and oxygen atoms in total. The Bertz CT molecular complexity index is 826. The molecule has 136 valence electrons. The molecule has 0 bridgehead atoms. The Morgan fingerprint density at radius 1 is 1.38 bits per heavy atom. The van der Waals surface area contributed by atoms with E-state index in [0.29, 0.717) is 12.3 Å². The van der Waals surface area contributed by atoms with Crippen LogP contribution >= 0.6 is 0 Å². The molecule has 0 unspecified atom stereocenters. The fraction of sp³-hybridized carbons (Fsp3) is 0.278. The molecule has 2 aromatic rings. The van der Waals surface area contributed by atoms with Gasteiger partial charge in [-0.3, -0.25) is 9.58 Å². The van der Waals surface area contributed by atoms with Gasteiger partial charge in [-0.1, -0.05) is 29.9 Å². The van der Waals surface area contributed by atoms with Gasteiger partial charge in [-0.15, -0.1) is 0 Å². The number of carboxylic acid groups (broad SMARTS) is 1. The van der Waals surface area contributed by atoms with Crippen LogP contribution in [0.2, 0.25) is 0 Å². The van der Waals surface area contributed by atoms with Crippen LogP contribution in [-0.2, 0) is 17.9 Å². The van der Waals surface area contributed by atoms with E-state index >= 15 is 0 Å². The van der Waals surface area contributed by atoms with Crippen molar-refractivity contribution in [1.29, 1.82) is 0 Å². The average Bonchev–Trinajstić information content (AvgIpc) is 3.05. The van der Waals surface area contributed by atoms with Crippen LogP contribution in [0.25, 0.3) is 0 Å². The van der Waals surface area contributed by atoms with Crippen LogP contribution in [0.1, 0.15) is 16.8 Å². The lowest BCUT2D eigenvalue weighted by atomic mass is 10.1. The molecule has 2 heterocycles. The molecule has 1 N–H and O–H groups in total. The van der Waals surface area contributed by atoms with Crippen molar-refractivity contribution in [3.8, 4) is 5.75 Å². The van der Waals surface area contributed by atoms with E-state index < -0.39 is 6.09 Å². The maximum Gasteiger partial charge on any atom is 0.408 e. The first kappa shape index (κ1) is 17.5. The minimum Gasteiger partial charge on any atom is -0.497 e. The molecule has 1 aliphatic heterocycles. The van der Waals surface area contributed by atoms with Crippen LogP contribution in [0.3, 0.4) is 0 Å². The molecule has 1 aromatic heterocycles. The van der Waals surface area contributed by atoms with Gasteiger partial charge in [-0.2, -0.15) is 5.10 Å².